The minimum atomic E-state index is 0.434. The molecule has 2 N–H and O–H groups in total. The number of hydrogen-bond donors (Lipinski definition) is 1. The van der Waals surface area contributed by atoms with Crippen LogP contribution in [0.4, 0.5) is 0 Å². The van der Waals surface area contributed by atoms with E-state index in [-0.39, 0.29) is 0 Å². The molecule has 2 aromatic carbocycles. The van der Waals surface area contributed by atoms with Crippen LogP contribution in [0, 0.1) is 0 Å². The summed E-state index contributed by atoms with van der Waals surface area (Å²) in [5.41, 5.74) is 8.93. The Morgan fingerprint density at radius 2 is 1.75 bits per heavy atom. The lowest BCUT2D eigenvalue weighted by molar-refractivity contribution is 0.319. The lowest BCUT2D eigenvalue weighted by Gasteiger charge is -2.17. The third-order valence-electron chi connectivity index (χ3n) is 3.03. The summed E-state index contributed by atoms with van der Waals surface area (Å²) in [5.74, 6) is 0. The van der Waals surface area contributed by atoms with E-state index in [4.69, 9.17) is 29.6 Å². The maximum Gasteiger partial charge on any atom is 0.103 e. The van der Waals surface area contributed by atoms with Gasteiger partial charge in [-0.25, -0.2) is 0 Å². The van der Waals surface area contributed by atoms with Crippen molar-refractivity contribution in [1.29, 1.82) is 0 Å². The van der Waals surface area contributed by atoms with Crippen LogP contribution in [0.25, 0.3) is 0 Å². The zero-order valence-electron chi connectivity index (χ0n) is 11.3. The Labute approximate surface area is 130 Å². The fraction of sp³-hybridized carbons (Fsp3) is 0.188. The van der Waals surface area contributed by atoms with Crippen molar-refractivity contribution < 1.29 is 0 Å². The first-order valence-corrected chi connectivity index (χ1v) is 7.15. The molecule has 20 heavy (non-hydrogen) atoms. The average Bonchev–Trinajstić information content (AvgIpc) is 2.39. The normalized spacial score (nSPS) is 10.8. The third kappa shape index (κ3) is 4.30. The fourth-order valence-corrected chi connectivity index (χ4v) is 2.44. The molecule has 2 aromatic rings. The molecule has 0 aliphatic rings. The van der Waals surface area contributed by atoms with Gasteiger partial charge in [0.2, 0.25) is 0 Å². The molecule has 0 radical (unpaired) electrons. The largest absolute Gasteiger partial charge is 0.389 e. The van der Waals surface area contributed by atoms with E-state index in [1.54, 1.807) is 0 Å². The Balaban J connectivity index is 1.97. The number of halogens is 1. The van der Waals surface area contributed by atoms with Crippen LogP contribution in [0.3, 0.4) is 0 Å². The van der Waals surface area contributed by atoms with E-state index in [0.29, 0.717) is 4.99 Å². The van der Waals surface area contributed by atoms with E-state index in [1.165, 1.54) is 11.1 Å². The van der Waals surface area contributed by atoms with Gasteiger partial charge in [-0.1, -0.05) is 60.2 Å². The molecule has 0 aromatic heterocycles. The van der Waals surface area contributed by atoms with Gasteiger partial charge in [0, 0.05) is 23.7 Å². The predicted octanol–water partition coefficient (Wildman–Crippen LogP) is 3.61. The standard InChI is InChI=1S/C16H17ClN2S/c1-19(11-13-3-2-4-15(17)9-13)10-12-5-7-14(8-6-12)16(18)20/h2-9H,10-11H2,1H3,(H2,18,20). The maximum atomic E-state index is 5.99. The molecule has 0 saturated heterocycles. The van der Waals surface area contributed by atoms with Gasteiger partial charge in [0.05, 0.1) is 0 Å². The monoisotopic (exact) mass is 304 g/mol. The van der Waals surface area contributed by atoms with Crippen molar-refractivity contribution in [2.75, 3.05) is 7.05 Å². The fourth-order valence-electron chi connectivity index (χ4n) is 2.09. The van der Waals surface area contributed by atoms with Crippen LogP contribution in [0.5, 0.6) is 0 Å². The summed E-state index contributed by atoms with van der Waals surface area (Å²) in [5, 5.41) is 0.775. The quantitative estimate of drug-likeness (QED) is 0.856. The molecule has 0 saturated carbocycles. The summed E-state index contributed by atoms with van der Waals surface area (Å²) < 4.78 is 0. The zero-order valence-corrected chi connectivity index (χ0v) is 12.9. The summed E-state index contributed by atoms with van der Waals surface area (Å²) in [6.07, 6.45) is 0. The van der Waals surface area contributed by atoms with Crippen LogP contribution in [-0.2, 0) is 13.1 Å². The molecule has 2 nitrogen and oxygen atoms in total. The summed E-state index contributed by atoms with van der Waals surface area (Å²) in [6, 6.07) is 16.0. The number of thiocarbonyl (C=S) groups is 1. The van der Waals surface area contributed by atoms with Crippen LogP contribution in [-0.4, -0.2) is 16.9 Å². The molecule has 0 bridgehead atoms. The van der Waals surface area contributed by atoms with E-state index in [1.807, 2.05) is 30.3 Å². The molecule has 0 spiro atoms. The van der Waals surface area contributed by atoms with Crippen molar-refractivity contribution in [2.24, 2.45) is 5.73 Å². The highest BCUT2D eigenvalue weighted by Crippen LogP contribution is 2.14. The Kier molecular flexibility index (Phi) is 5.12. The van der Waals surface area contributed by atoms with Gasteiger partial charge in [-0.3, -0.25) is 4.90 Å². The Morgan fingerprint density at radius 3 is 2.35 bits per heavy atom. The number of rotatable bonds is 5. The summed E-state index contributed by atoms with van der Waals surface area (Å²) in [4.78, 5) is 2.67. The molecule has 0 atom stereocenters. The zero-order chi connectivity index (χ0) is 14.5. The van der Waals surface area contributed by atoms with Crippen molar-refractivity contribution in [1.82, 2.24) is 4.90 Å². The van der Waals surface area contributed by atoms with Crippen LogP contribution in [0.15, 0.2) is 48.5 Å². The van der Waals surface area contributed by atoms with Crippen molar-refractivity contribution >= 4 is 28.8 Å². The minimum Gasteiger partial charge on any atom is -0.389 e. The highest BCUT2D eigenvalue weighted by Gasteiger charge is 2.03. The number of nitrogens with zero attached hydrogens (tertiary/aromatic N) is 1. The van der Waals surface area contributed by atoms with Crippen LogP contribution in [0.2, 0.25) is 5.02 Å². The van der Waals surface area contributed by atoms with Gasteiger partial charge < -0.3 is 5.73 Å². The Bertz CT molecular complexity index is 596. The molecule has 0 aliphatic heterocycles. The molecule has 0 heterocycles. The van der Waals surface area contributed by atoms with E-state index in [0.717, 1.165) is 23.7 Å². The van der Waals surface area contributed by atoms with Gasteiger partial charge in [0.1, 0.15) is 4.99 Å². The van der Waals surface area contributed by atoms with E-state index < -0.39 is 0 Å². The molecule has 0 amide bonds. The summed E-state index contributed by atoms with van der Waals surface area (Å²) in [7, 11) is 2.09. The van der Waals surface area contributed by atoms with E-state index >= 15 is 0 Å². The number of hydrogen-bond acceptors (Lipinski definition) is 2. The molecular formula is C16H17ClN2S. The smallest absolute Gasteiger partial charge is 0.103 e. The van der Waals surface area contributed by atoms with Gasteiger partial charge in [-0.15, -0.1) is 0 Å². The first-order valence-electron chi connectivity index (χ1n) is 6.36. The van der Waals surface area contributed by atoms with Crippen LogP contribution >= 0.6 is 23.8 Å². The molecule has 4 heteroatoms. The van der Waals surface area contributed by atoms with Crippen molar-refractivity contribution in [3.8, 4) is 0 Å². The van der Waals surface area contributed by atoms with Gasteiger partial charge >= 0.3 is 0 Å². The second-order valence-corrected chi connectivity index (χ2v) is 5.74. The number of nitrogens with two attached hydrogens (primary N) is 1. The molecule has 0 unspecified atom stereocenters. The van der Waals surface area contributed by atoms with Crippen molar-refractivity contribution in [3.05, 3.63) is 70.2 Å². The van der Waals surface area contributed by atoms with Crippen molar-refractivity contribution in [2.45, 2.75) is 13.1 Å². The lowest BCUT2D eigenvalue weighted by atomic mass is 10.1. The van der Waals surface area contributed by atoms with E-state index in [9.17, 15) is 0 Å². The number of benzene rings is 2. The van der Waals surface area contributed by atoms with Gasteiger partial charge in [0.15, 0.2) is 0 Å². The first kappa shape index (κ1) is 15.0. The molecule has 0 fully saturated rings. The Hall–Kier alpha value is -1.42. The average molecular weight is 305 g/mol. The van der Waals surface area contributed by atoms with E-state index in [2.05, 4.69) is 30.1 Å². The second-order valence-electron chi connectivity index (χ2n) is 4.86. The molecule has 104 valence electrons. The maximum absolute atomic E-state index is 5.99. The molecule has 2 rings (SSSR count). The topological polar surface area (TPSA) is 29.3 Å². The molecular weight excluding hydrogens is 288 g/mol. The highest BCUT2D eigenvalue weighted by atomic mass is 35.5. The first-order chi connectivity index (χ1) is 9.54. The summed E-state index contributed by atoms with van der Waals surface area (Å²) in [6.45, 7) is 1.72. The SMILES string of the molecule is CN(Cc1ccc(C(N)=S)cc1)Cc1cccc(Cl)c1. The van der Waals surface area contributed by atoms with Gasteiger partial charge in [-0.05, 0) is 30.3 Å². The third-order valence-corrected chi connectivity index (χ3v) is 3.50. The summed E-state index contributed by atoms with van der Waals surface area (Å²) >= 11 is 10.9. The van der Waals surface area contributed by atoms with Crippen LogP contribution < -0.4 is 5.73 Å². The minimum absolute atomic E-state index is 0.434. The second kappa shape index (κ2) is 6.84. The van der Waals surface area contributed by atoms with Gasteiger partial charge in [0.25, 0.3) is 0 Å². The van der Waals surface area contributed by atoms with Crippen LogP contribution in [0.1, 0.15) is 16.7 Å². The predicted molar refractivity (Wildman–Crippen MR) is 89.0 cm³/mol. The lowest BCUT2D eigenvalue weighted by Crippen LogP contribution is -2.17. The highest BCUT2D eigenvalue weighted by molar-refractivity contribution is 7.80. The Morgan fingerprint density at radius 1 is 1.10 bits per heavy atom. The van der Waals surface area contributed by atoms with Crippen molar-refractivity contribution in [3.63, 3.8) is 0 Å². The van der Waals surface area contributed by atoms with Gasteiger partial charge in [-0.2, -0.15) is 0 Å². The molecule has 0 aliphatic carbocycles.